The zero-order valence-electron chi connectivity index (χ0n) is 10.1. The van der Waals surface area contributed by atoms with Crippen LogP contribution in [0.1, 0.15) is 31.6 Å². The van der Waals surface area contributed by atoms with E-state index in [1.807, 2.05) is 18.4 Å². The fourth-order valence-corrected chi connectivity index (χ4v) is 3.43. The number of sulfonamides is 1. The number of rotatable bonds is 7. The van der Waals surface area contributed by atoms with E-state index in [0.717, 1.165) is 11.3 Å². The van der Waals surface area contributed by atoms with E-state index in [4.69, 9.17) is 0 Å². The summed E-state index contributed by atoms with van der Waals surface area (Å²) in [6, 6.07) is 3.63. The van der Waals surface area contributed by atoms with Crippen molar-refractivity contribution in [2.75, 3.05) is 12.3 Å². The molecule has 0 aromatic carbocycles. The molecule has 98 valence electrons. The Bertz CT molecular complexity index is 424. The standard InChI is InChI=1S/C11H19NO3S2/c1-3-4-8-17(14,15)12-9-11(2,13)10-6-5-7-16-10/h5-7,12-13H,3-4,8-9H2,1-2H3/t11-/m0/s1. The normalized spacial score (nSPS) is 15.7. The molecule has 0 aliphatic carbocycles. The smallest absolute Gasteiger partial charge is 0.211 e. The van der Waals surface area contributed by atoms with Crippen molar-refractivity contribution in [3.05, 3.63) is 22.4 Å². The Kier molecular flexibility index (Phi) is 5.12. The molecular formula is C11H19NO3S2. The molecule has 6 heteroatoms. The summed E-state index contributed by atoms with van der Waals surface area (Å²) in [5.74, 6) is 0.115. The molecule has 1 heterocycles. The lowest BCUT2D eigenvalue weighted by Crippen LogP contribution is -2.39. The Morgan fingerprint density at radius 3 is 2.76 bits per heavy atom. The summed E-state index contributed by atoms with van der Waals surface area (Å²) in [6.45, 7) is 3.57. The Morgan fingerprint density at radius 1 is 1.53 bits per heavy atom. The third-order valence-corrected chi connectivity index (χ3v) is 4.99. The van der Waals surface area contributed by atoms with Gasteiger partial charge < -0.3 is 5.11 Å². The maximum Gasteiger partial charge on any atom is 0.211 e. The van der Waals surface area contributed by atoms with Gasteiger partial charge in [0.05, 0.1) is 5.75 Å². The number of thiophene rings is 1. The molecule has 1 aromatic heterocycles. The van der Waals surface area contributed by atoms with E-state index in [9.17, 15) is 13.5 Å². The molecule has 2 N–H and O–H groups in total. The van der Waals surface area contributed by atoms with Crippen molar-refractivity contribution in [1.82, 2.24) is 4.72 Å². The lowest BCUT2D eigenvalue weighted by atomic mass is 10.1. The van der Waals surface area contributed by atoms with Gasteiger partial charge in [-0.25, -0.2) is 13.1 Å². The summed E-state index contributed by atoms with van der Waals surface area (Å²) < 4.78 is 25.6. The Balaban J connectivity index is 2.56. The Morgan fingerprint density at radius 2 is 2.24 bits per heavy atom. The average molecular weight is 277 g/mol. The third kappa shape index (κ3) is 4.75. The highest BCUT2D eigenvalue weighted by atomic mass is 32.2. The van der Waals surface area contributed by atoms with Crippen molar-refractivity contribution in [2.24, 2.45) is 0 Å². The SMILES string of the molecule is CCCCS(=O)(=O)NC[C@](C)(O)c1cccs1. The van der Waals surface area contributed by atoms with Crippen molar-refractivity contribution in [3.8, 4) is 0 Å². The van der Waals surface area contributed by atoms with E-state index in [2.05, 4.69) is 4.72 Å². The van der Waals surface area contributed by atoms with Gasteiger partial charge in [0, 0.05) is 11.4 Å². The molecule has 4 nitrogen and oxygen atoms in total. The molecular weight excluding hydrogens is 258 g/mol. The second-order valence-electron chi connectivity index (χ2n) is 4.24. The summed E-state index contributed by atoms with van der Waals surface area (Å²) in [4.78, 5) is 0.760. The highest BCUT2D eigenvalue weighted by Gasteiger charge is 2.26. The first kappa shape index (κ1) is 14.6. The van der Waals surface area contributed by atoms with E-state index >= 15 is 0 Å². The highest BCUT2D eigenvalue weighted by molar-refractivity contribution is 7.89. The summed E-state index contributed by atoms with van der Waals surface area (Å²) >= 11 is 1.41. The molecule has 0 saturated carbocycles. The van der Waals surface area contributed by atoms with E-state index in [1.54, 1.807) is 13.0 Å². The van der Waals surface area contributed by atoms with Gasteiger partial charge in [-0.15, -0.1) is 11.3 Å². The van der Waals surface area contributed by atoms with Gasteiger partial charge in [0.15, 0.2) is 0 Å². The number of hydrogen-bond acceptors (Lipinski definition) is 4. The lowest BCUT2D eigenvalue weighted by Gasteiger charge is -2.22. The van der Waals surface area contributed by atoms with Crippen molar-refractivity contribution in [2.45, 2.75) is 32.3 Å². The van der Waals surface area contributed by atoms with Crippen LogP contribution in [0.5, 0.6) is 0 Å². The van der Waals surface area contributed by atoms with Crippen LogP contribution in [-0.4, -0.2) is 25.8 Å². The molecule has 0 saturated heterocycles. The van der Waals surface area contributed by atoms with Crippen molar-refractivity contribution in [3.63, 3.8) is 0 Å². The molecule has 1 aromatic rings. The minimum absolute atomic E-state index is 0.0135. The second-order valence-corrected chi connectivity index (χ2v) is 7.12. The van der Waals surface area contributed by atoms with Crippen molar-refractivity contribution < 1.29 is 13.5 Å². The maximum absolute atomic E-state index is 11.6. The molecule has 0 aliphatic heterocycles. The lowest BCUT2D eigenvalue weighted by molar-refractivity contribution is 0.0666. The predicted molar refractivity (Wildman–Crippen MR) is 70.6 cm³/mol. The van der Waals surface area contributed by atoms with Crippen LogP contribution in [0, 0.1) is 0 Å². The van der Waals surface area contributed by atoms with Crippen LogP contribution in [0.3, 0.4) is 0 Å². The van der Waals surface area contributed by atoms with Crippen LogP contribution in [0.25, 0.3) is 0 Å². The van der Waals surface area contributed by atoms with Gasteiger partial charge in [0.1, 0.15) is 5.60 Å². The zero-order valence-corrected chi connectivity index (χ0v) is 11.8. The molecule has 0 amide bonds. The summed E-state index contributed by atoms with van der Waals surface area (Å²) in [5, 5.41) is 12.0. The van der Waals surface area contributed by atoms with Gasteiger partial charge in [0.25, 0.3) is 0 Å². The van der Waals surface area contributed by atoms with E-state index in [-0.39, 0.29) is 12.3 Å². The van der Waals surface area contributed by atoms with Crippen molar-refractivity contribution in [1.29, 1.82) is 0 Å². The van der Waals surface area contributed by atoms with Gasteiger partial charge in [-0.2, -0.15) is 0 Å². The quantitative estimate of drug-likeness (QED) is 0.797. The summed E-state index contributed by atoms with van der Waals surface area (Å²) in [7, 11) is -3.27. The zero-order chi connectivity index (χ0) is 12.9. The molecule has 1 rings (SSSR count). The van der Waals surface area contributed by atoms with Crippen LogP contribution < -0.4 is 4.72 Å². The highest BCUT2D eigenvalue weighted by Crippen LogP contribution is 2.24. The first-order valence-electron chi connectivity index (χ1n) is 5.61. The van der Waals surface area contributed by atoms with Gasteiger partial charge in [-0.1, -0.05) is 19.4 Å². The average Bonchev–Trinajstić information content (AvgIpc) is 2.78. The van der Waals surface area contributed by atoms with E-state index in [1.165, 1.54) is 11.3 Å². The molecule has 0 unspecified atom stereocenters. The van der Waals surface area contributed by atoms with Gasteiger partial charge in [-0.3, -0.25) is 0 Å². The van der Waals surface area contributed by atoms with Crippen molar-refractivity contribution >= 4 is 21.4 Å². The molecule has 0 spiro atoms. The summed E-state index contributed by atoms with van der Waals surface area (Å²) in [5.41, 5.74) is -1.15. The minimum Gasteiger partial charge on any atom is -0.383 e. The topological polar surface area (TPSA) is 66.4 Å². The number of aliphatic hydroxyl groups is 1. The van der Waals surface area contributed by atoms with Gasteiger partial charge >= 0.3 is 0 Å². The van der Waals surface area contributed by atoms with Crippen LogP contribution in [-0.2, 0) is 15.6 Å². The Labute approximate surface area is 107 Å². The fraction of sp³-hybridized carbons (Fsp3) is 0.636. The van der Waals surface area contributed by atoms with Crippen LogP contribution in [0.4, 0.5) is 0 Å². The molecule has 0 aliphatic rings. The third-order valence-electron chi connectivity index (χ3n) is 2.45. The van der Waals surface area contributed by atoms with Crippen LogP contribution in [0.2, 0.25) is 0 Å². The largest absolute Gasteiger partial charge is 0.383 e. The Hall–Kier alpha value is -0.430. The number of nitrogens with one attached hydrogen (secondary N) is 1. The molecule has 17 heavy (non-hydrogen) atoms. The molecule has 1 atom stereocenters. The van der Waals surface area contributed by atoms with Crippen LogP contribution >= 0.6 is 11.3 Å². The molecule has 0 bridgehead atoms. The molecule has 0 radical (unpaired) electrons. The number of unbranched alkanes of at least 4 members (excludes halogenated alkanes) is 1. The van der Waals surface area contributed by atoms with E-state index in [0.29, 0.717) is 6.42 Å². The number of hydrogen-bond donors (Lipinski definition) is 2. The maximum atomic E-state index is 11.6. The molecule has 0 fully saturated rings. The first-order chi connectivity index (χ1) is 7.87. The minimum atomic E-state index is -3.27. The first-order valence-corrected chi connectivity index (χ1v) is 8.14. The van der Waals surface area contributed by atoms with Crippen LogP contribution in [0.15, 0.2) is 17.5 Å². The van der Waals surface area contributed by atoms with Gasteiger partial charge in [0.2, 0.25) is 10.0 Å². The fourth-order valence-electron chi connectivity index (χ4n) is 1.33. The van der Waals surface area contributed by atoms with E-state index < -0.39 is 15.6 Å². The summed E-state index contributed by atoms with van der Waals surface area (Å²) in [6.07, 6.45) is 1.47. The second kappa shape index (κ2) is 5.95. The van der Waals surface area contributed by atoms with Gasteiger partial charge in [-0.05, 0) is 24.8 Å². The predicted octanol–water partition coefficient (Wildman–Crippen LogP) is 1.68. The monoisotopic (exact) mass is 277 g/mol.